The molecule has 0 unspecified atom stereocenters. The van der Waals surface area contributed by atoms with E-state index < -0.39 is 9.84 Å². The van der Waals surface area contributed by atoms with Crippen molar-refractivity contribution in [1.29, 1.82) is 0 Å². The summed E-state index contributed by atoms with van der Waals surface area (Å²) in [6.45, 7) is 2.46. The van der Waals surface area contributed by atoms with Crippen molar-refractivity contribution in [1.82, 2.24) is 9.97 Å². The number of anilines is 1. The summed E-state index contributed by atoms with van der Waals surface area (Å²) in [5, 5.41) is 0.634. The molecule has 4 aromatic rings. The third kappa shape index (κ3) is 5.03. The van der Waals surface area contributed by atoms with Gasteiger partial charge in [-0.3, -0.25) is 14.7 Å². The standard InChI is InChI=1S/C24H23N3O3S2/c1-3-17-8-11-21-22(13-17)31-24(26-21)27(16-19-5-4-12-25-15-19)23(28)14-18-6-9-20(10-7-18)32(2,29)30/h4-13,15H,3,14,16H2,1-2H3. The predicted molar refractivity (Wildman–Crippen MR) is 128 cm³/mol. The fourth-order valence-corrected chi connectivity index (χ4v) is 5.03. The van der Waals surface area contributed by atoms with Crippen LogP contribution in [0.25, 0.3) is 10.2 Å². The van der Waals surface area contributed by atoms with Crippen molar-refractivity contribution in [3.63, 3.8) is 0 Å². The van der Waals surface area contributed by atoms with Crippen LogP contribution in [-0.4, -0.2) is 30.5 Å². The van der Waals surface area contributed by atoms with Crippen molar-refractivity contribution >= 4 is 42.4 Å². The van der Waals surface area contributed by atoms with E-state index in [9.17, 15) is 13.2 Å². The van der Waals surface area contributed by atoms with Crippen LogP contribution in [0.15, 0.2) is 71.9 Å². The molecule has 164 valence electrons. The van der Waals surface area contributed by atoms with E-state index in [-0.39, 0.29) is 17.2 Å². The fourth-order valence-electron chi connectivity index (χ4n) is 3.35. The lowest BCUT2D eigenvalue weighted by Crippen LogP contribution is -2.31. The van der Waals surface area contributed by atoms with E-state index in [1.54, 1.807) is 29.4 Å². The first-order chi connectivity index (χ1) is 15.3. The highest BCUT2D eigenvalue weighted by atomic mass is 32.2. The molecular formula is C24H23N3O3S2. The summed E-state index contributed by atoms with van der Waals surface area (Å²) in [5.74, 6) is -0.115. The molecule has 2 aromatic heterocycles. The molecule has 4 rings (SSSR count). The number of carbonyl (C=O) groups excluding carboxylic acids is 1. The monoisotopic (exact) mass is 465 g/mol. The van der Waals surface area contributed by atoms with Gasteiger partial charge in [0.25, 0.3) is 0 Å². The summed E-state index contributed by atoms with van der Waals surface area (Å²) in [6, 6.07) is 16.4. The maximum Gasteiger partial charge on any atom is 0.233 e. The Labute approximate surface area is 191 Å². The molecule has 0 saturated carbocycles. The first-order valence-corrected chi connectivity index (χ1v) is 12.9. The molecule has 8 heteroatoms. The smallest absolute Gasteiger partial charge is 0.233 e. The van der Waals surface area contributed by atoms with Crippen molar-refractivity contribution in [2.24, 2.45) is 0 Å². The summed E-state index contributed by atoms with van der Waals surface area (Å²) >= 11 is 1.49. The van der Waals surface area contributed by atoms with Crippen LogP contribution in [0.5, 0.6) is 0 Å². The molecule has 0 aliphatic rings. The van der Waals surface area contributed by atoms with Crippen LogP contribution in [0.3, 0.4) is 0 Å². The van der Waals surface area contributed by atoms with Crippen LogP contribution >= 0.6 is 11.3 Å². The average molecular weight is 466 g/mol. The van der Waals surface area contributed by atoms with E-state index in [0.717, 1.165) is 27.8 Å². The topological polar surface area (TPSA) is 80.2 Å². The largest absolute Gasteiger partial charge is 0.283 e. The lowest BCUT2D eigenvalue weighted by Gasteiger charge is -2.20. The quantitative estimate of drug-likeness (QED) is 0.403. The van der Waals surface area contributed by atoms with Crippen molar-refractivity contribution in [2.45, 2.75) is 31.2 Å². The zero-order valence-electron chi connectivity index (χ0n) is 17.9. The van der Waals surface area contributed by atoms with E-state index in [4.69, 9.17) is 4.98 Å². The highest BCUT2D eigenvalue weighted by molar-refractivity contribution is 7.90. The molecule has 2 heterocycles. The normalized spacial score (nSPS) is 11.6. The number of hydrogen-bond acceptors (Lipinski definition) is 6. The molecule has 0 radical (unpaired) electrons. The second-order valence-electron chi connectivity index (χ2n) is 7.59. The number of thiazole rings is 1. The zero-order valence-corrected chi connectivity index (χ0v) is 19.5. The molecule has 2 aromatic carbocycles. The number of fused-ring (bicyclic) bond motifs is 1. The SMILES string of the molecule is CCc1ccc2nc(N(Cc3cccnc3)C(=O)Cc3ccc(S(C)(=O)=O)cc3)sc2c1. The number of pyridine rings is 1. The molecule has 0 atom stereocenters. The van der Waals surface area contributed by atoms with Crippen molar-refractivity contribution < 1.29 is 13.2 Å². The van der Waals surface area contributed by atoms with Crippen LogP contribution in [-0.2, 0) is 34.0 Å². The molecule has 0 saturated heterocycles. The number of amides is 1. The Balaban J connectivity index is 1.65. The zero-order chi connectivity index (χ0) is 22.7. The molecule has 0 aliphatic carbocycles. The minimum absolute atomic E-state index is 0.115. The lowest BCUT2D eigenvalue weighted by molar-refractivity contribution is -0.118. The van der Waals surface area contributed by atoms with Gasteiger partial charge in [0.2, 0.25) is 5.91 Å². The van der Waals surface area contributed by atoms with Crippen LogP contribution in [0, 0.1) is 0 Å². The van der Waals surface area contributed by atoms with Gasteiger partial charge in [0.1, 0.15) is 0 Å². The maximum atomic E-state index is 13.4. The molecule has 0 spiro atoms. The number of hydrogen-bond donors (Lipinski definition) is 0. The van der Waals surface area contributed by atoms with Gasteiger partial charge in [-0.15, -0.1) is 0 Å². The second-order valence-corrected chi connectivity index (χ2v) is 10.6. The Morgan fingerprint density at radius 3 is 2.44 bits per heavy atom. The van der Waals surface area contributed by atoms with Crippen molar-refractivity contribution in [3.8, 4) is 0 Å². The highest BCUT2D eigenvalue weighted by Crippen LogP contribution is 2.31. The van der Waals surface area contributed by atoms with Gasteiger partial charge in [-0.25, -0.2) is 13.4 Å². The second kappa shape index (κ2) is 9.18. The Kier molecular flexibility index (Phi) is 6.34. The number of carbonyl (C=O) groups is 1. The van der Waals surface area contributed by atoms with Gasteiger partial charge < -0.3 is 0 Å². The summed E-state index contributed by atoms with van der Waals surface area (Å²) < 4.78 is 24.5. The van der Waals surface area contributed by atoms with E-state index in [1.165, 1.54) is 35.3 Å². The van der Waals surface area contributed by atoms with Gasteiger partial charge >= 0.3 is 0 Å². The molecule has 0 N–H and O–H groups in total. The molecule has 1 amide bonds. The number of aromatic nitrogens is 2. The fraction of sp³-hybridized carbons (Fsp3) is 0.208. The Hall–Kier alpha value is -3.10. The van der Waals surface area contributed by atoms with Crippen LogP contribution in [0.4, 0.5) is 5.13 Å². The van der Waals surface area contributed by atoms with Crippen molar-refractivity contribution in [3.05, 3.63) is 83.7 Å². The summed E-state index contributed by atoms with van der Waals surface area (Å²) in [4.78, 5) is 24.1. The van der Waals surface area contributed by atoms with Gasteiger partial charge in [-0.2, -0.15) is 0 Å². The summed E-state index contributed by atoms with van der Waals surface area (Å²) in [7, 11) is -3.28. The number of nitrogens with zero attached hydrogens (tertiary/aromatic N) is 3. The lowest BCUT2D eigenvalue weighted by atomic mass is 10.1. The number of rotatable bonds is 7. The average Bonchev–Trinajstić information content (AvgIpc) is 3.20. The van der Waals surface area contributed by atoms with E-state index >= 15 is 0 Å². The molecular weight excluding hydrogens is 442 g/mol. The minimum atomic E-state index is -3.28. The first-order valence-electron chi connectivity index (χ1n) is 10.2. The van der Waals surface area contributed by atoms with E-state index in [1.807, 2.05) is 18.2 Å². The third-order valence-electron chi connectivity index (χ3n) is 5.15. The molecule has 0 bridgehead atoms. The Morgan fingerprint density at radius 2 is 1.78 bits per heavy atom. The number of benzene rings is 2. The van der Waals surface area contributed by atoms with Gasteiger partial charge in [0.05, 0.1) is 28.1 Å². The van der Waals surface area contributed by atoms with Gasteiger partial charge in [-0.1, -0.05) is 42.5 Å². The van der Waals surface area contributed by atoms with Gasteiger partial charge in [0, 0.05) is 18.6 Å². The van der Waals surface area contributed by atoms with E-state index in [2.05, 4.69) is 24.0 Å². The van der Waals surface area contributed by atoms with Crippen molar-refractivity contribution in [2.75, 3.05) is 11.2 Å². The van der Waals surface area contributed by atoms with Crippen LogP contribution < -0.4 is 4.90 Å². The Morgan fingerprint density at radius 1 is 1.03 bits per heavy atom. The molecule has 6 nitrogen and oxygen atoms in total. The molecule has 0 fully saturated rings. The Bertz CT molecular complexity index is 1350. The maximum absolute atomic E-state index is 13.4. The molecule has 0 aliphatic heterocycles. The summed E-state index contributed by atoms with van der Waals surface area (Å²) in [5.41, 5.74) is 3.74. The van der Waals surface area contributed by atoms with Crippen LogP contribution in [0.2, 0.25) is 0 Å². The number of sulfone groups is 1. The third-order valence-corrected chi connectivity index (χ3v) is 7.32. The van der Waals surface area contributed by atoms with Crippen LogP contribution in [0.1, 0.15) is 23.6 Å². The molecule has 32 heavy (non-hydrogen) atoms. The minimum Gasteiger partial charge on any atom is -0.283 e. The van der Waals surface area contributed by atoms with E-state index in [0.29, 0.717) is 11.7 Å². The first kappa shape index (κ1) is 22.1. The highest BCUT2D eigenvalue weighted by Gasteiger charge is 2.21. The summed E-state index contributed by atoms with van der Waals surface area (Å²) in [6.07, 6.45) is 5.68. The number of aryl methyl sites for hydroxylation is 1. The van der Waals surface area contributed by atoms with Gasteiger partial charge in [-0.05, 0) is 53.4 Å². The van der Waals surface area contributed by atoms with Gasteiger partial charge in [0.15, 0.2) is 15.0 Å². The predicted octanol–water partition coefficient (Wildman–Crippen LogP) is 4.43.